The molecule has 0 fully saturated rings. The van der Waals surface area contributed by atoms with E-state index in [1.165, 1.54) is 9.13 Å². The molecule has 1 atom stereocenters. The molecule has 0 N–H and O–H groups in total. The Morgan fingerprint density at radius 3 is 2.79 bits per heavy atom. The predicted octanol–water partition coefficient (Wildman–Crippen LogP) is 5.58. The Morgan fingerprint density at radius 1 is 1.26 bits per heavy atom. The van der Waals surface area contributed by atoms with Crippen molar-refractivity contribution in [2.75, 3.05) is 7.11 Å². The Kier molecular flexibility index (Phi) is 5.54. The van der Waals surface area contributed by atoms with Crippen LogP contribution in [0.3, 0.4) is 0 Å². The Bertz CT molecular complexity index is 574. The number of benzene rings is 2. The summed E-state index contributed by atoms with van der Waals surface area (Å²) in [5.41, 5.74) is 2.29. The van der Waals surface area contributed by atoms with Crippen molar-refractivity contribution in [3.63, 3.8) is 0 Å². The molecule has 1 nitrogen and oxygen atoms in total. The Balaban J connectivity index is 2.20. The lowest BCUT2D eigenvalue weighted by Gasteiger charge is -2.13. The van der Waals surface area contributed by atoms with Gasteiger partial charge in [0.25, 0.3) is 0 Å². The van der Waals surface area contributed by atoms with Gasteiger partial charge in [-0.2, -0.15) is 0 Å². The van der Waals surface area contributed by atoms with Gasteiger partial charge in [-0.3, -0.25) is 0 Å². The molecule has 0 aliphatic carbocycles. The van der Waals surface area contributed by atoms with Crippen LogP contribution in [-0.2, 0) is 6.42 Å². The molecular weight excluding hydrogens is 438 g/mol. The van der Waals surface area contributed by atoms with Gasteiger partial charge in [-0.15, -0.1) is 11.6 Å². The molecule has 2 rings (SSSR count). The highest BCUT2D eigenvalue weighted by Gasteiger charge is 2.13. The van der Waals surface area contributed by atoms with E-state index < -0.39 is 0 Å². The van der Waals surface area contributed by atoms with Crippen LogP contribution in [0.1, 0.15) is 16.5 Å². The third kappa shape index (κ3) is 4.10. The van der Waals surface area contributed by atoms with Gasteiger partial charge in [-0.05, 0) is 70.5 Å². The molecule has 0 aliphatic heterocycles. The summed E-state index contributed by atoms with van der Waals surface area (Å²) >= 11 is 12.4. The van der Waals surface area contributed by atoms with Crippen LogP contribution < -0.4 is 4.74 Å². The summed E-state index contributed by atoms with van der Waals surface area (Å²) in [5, 5.41) is -0.0591. The minimum absolute atomic E-state index is 0.0591. The quantitative estimate of drug-likeness (QED) is 0.435. The minimum Gasteiger partial charge on any atom is -0.497 e. The summed E-state index contributed by atoms with van der Waals surface area (Å²) in [7, 11) is 1.67. The number of rotatable bonds is 4. The highest BCUT2D eigenvalue weighted by atomic mass is 127. The summed E-state index contributed by atoms with van der Waals surface area (Å²) in [4.78, 5) is 0. The average molecular weight is 452 g/mol. The van der Waals surface area contributed by atoms with Crippen molar-refractivity contribution >= 4 is 50.1 Å². The molecule has 4 heteroatoms. The lowest BCUT2D eigenvalue weighted by molar-refractivity contribution is 0.414. The number of halogens is 3. The van der Waals surface area contributed by atoms with Crippen molar-refractivity contribution in [1.82, 2.24) is 0 Å². The van der Waals surface area contributed by atoms with Gasteiger partial charge >= 0.3 is 0 Å². The van der Waals surface area contributed by atoms with E-state index >= 15 is 0 Å². The standard InChI is InChI=1S/C15H13BrClIO/c1-19-12-4-2-3-10(7-12)8-15(17)13-9-11(18)5-6-14(13)16/h2-7,9,15H,8H2,1H3. The Hall–Kier alpha value is -0.260. The molecule has 0 spiro atoms. The number of hydrogen-bond donors (Lipinski definition) is 0. The maximum absolute atomic E-state index is 6.54. The lowest BCUT2D eigenvalue weighted by atomic mass is 10.0. The zero-order chi connectivity index (χ0) is 13.8. The van der Waals surface area contributed by atoms with E-state index in [0.717, 1.165) is 22.2 Å². The molecule has 1 unspecified atom stereocenters. The second-order valence-corrected chi connectivity index (χ2v) is 6.82. The highest BCUT2D eigenvalue weighted by molar-refractivity contribution is 14.1. The molecule has 0 aliphatic rings. The third-order valence-corrected chi connectivity index (χ3v) is 4.63. The van der Waals surface area contributed by atoms with Crippen LogP contribution in [0.15, 0.2) is 46.9 Å². The van der Waals surface area contributed by atoms with Crippen molar-refractivity contribution in [2.24, 2.45) is 0 Å². The normalized spacial score (nSPS) is 12.2. The van der Waals surface area contributed by atoms with Crippen LogP contribution >= 0.6 is 50.1 Å². The van der Waals surface area contributed by atoms with Gasteiger partial charge in [0.2, 0.25) is 0 Å². The first kappa shape index (κ1) is 15.1. The zero-order valence-corrected chi connectivity index (χ0v) is 14.9. The fraction of sp³-hybridized carbons (Fsp3) is 0.200. The number of alkyl halides is 1. The molecule has 0 radical (unpaired) electrons. The molecule has 0 amide bonds. The van der Waals surface area contributed by atoms with Gasteiger partial charge < -0.3 is 4.74 Å². The van der Waals surface area contributed by atoms with E-state index in [2.05, 4.69) is 56.7 Å². The molecule has 2 aromatic carbocycles. The fourth-order valence-corrected chi connectivity index (χ4v) is 3.40. The van der Waals surface area contributed by atoms with E-state index in [0.29, 0.717) is 0 Å². The van der Waals surface area contributed by atoms with Crippen LogP contribution in [0.5, 0.6) is 5.75 Å². The molecular formula is C15H13BrClIO. The van der Waals surface area contributed by atoms with Crippen LogP contribution in [0, 0.1) is 3.57 Å². The second kappa shape index (κ2) is 6.95. The maximum Gasteiger partial charge on any atom is 0.119 e. The number of methoxy groups -OCH3 is 1. The van der Waals surface area contributed by atoms with Crippen molar-refractivity contribution in [3.8, 4) is 5.75 Å². The lowest BCUT2D eigenvalue weighted by Crippen LogP contribution is -1.98. The SMILES string of the molecule is COc1cccc(CC(Cl)c2cc(I)ccc2Br)c1. The summed E-state index contributed by atoms with van der Waals surface area (Å²) in [6.07, 6.45) is 0.775. The average Bonchev–Trinajstić information content (AvgIpc) is 2.41. The molecule has 100 valence electrons. The predicted molar refractivity (Wildman–Crippen MR) is 92.2 cm³/mol. The van der Waals surface area contributed by atoms with Crippen molar-refractivity contribution in [1.29, 1.82) is 0 Å². The Morgan fingerprint density at radius 2 is 2.05 bits per heavy atom. The van der Waals surface area contributed by atoms with Gasteiger partial charge in [0.15, 0.2) is 0 Å². The van der Waals surface area contributed by atoms with Crippen molar-refractivity contribution < 1.29 is 4.74 Å². The van der Waals surface area contributed by atoms with Gasteiger partial charge in [0.1, 0.15) is 5.75 Å². The molecule has 19 heavy (non-hydrogen) atoms. The van der Waals surface area contributed by atoms with E-state index in [1.54, 1.807) is 7.11 Å². The topological polar surface area (TPSA) is 9.23 Å². The summed E-state index contributed by atoms with van der Waals surface area (Å²) in [6, 6.07) is 14.2. The number of ether oxygens (including phenoxy) is 1. The second-order valence-electron chi connectivity index (χ2n) is 4.19. The largest absolute Gasteiger partial charge is 0.497 e. The maximum atomic E-state index is 6.54. The van der Waals surface area contributed by atoms with Crippen LogP contribution in [0.4, 0.5) is 0 Å². The monoisotopic (exact) mass is 450 g/mol. The van der Waals surface area contributed by atoms with E-state index in [9.17, 15) is 0 Å². The van der Waals surface area contributed by atoms with Crippen molar-refractivity contribution in [3.05, 3.63) is 61.6 Å². The molecule has 2 aromatic rings. The van der Waals surface area contributed by atoms with Gasteiger partial charge in [-0.1, -0.05) is 28.1 Å². The molecule has 0 heterocycles. The van der Waals surface area contributed by atoms with Crippen LogP contribution in [0.2, 0.25) is 0 Å². The summed E-state index contributed by atoms with van der Waals surface area (Å²) in [6.45, 7) is 0. The fourth-order valence-electron chi connectivity index (χ4n) is 1.87. The van der Waals surface area contributed by atoms with E-state index in [-0.39, 0.29) is 5.38 Å². The van der Waals surface area contributed by atoms with Gasteiger partial charge in [0.05, 0.1) is 12.5 Å². The van der Waals surface area contributed by atoms with E-state index in [4.69, 9.17) is 16.3 Å². The molecule has 0 saturated heterocycles. The van der Waals surface area contributed by atoms with Crippen molar-refractivity contribution in [2.45, 2.75) is 11.8 Å². The molecule has 0 saturated carbocycles. The van der Waals surface area contributed by atoms with Gasteiger partial charge in [0, 0.05) is 8.04 Å². The Labute approximate surface area is 140 Å². The van der Waals surface area contributed by atoms with E-state index in [1.807, 2.05) is 24.3 Å². The zero-order valence-electron chi connectivity index (χ0n) is 10.4. The third-order valence-electron chi connectivity index (χ3n) is 2.84. The smallest absolute Gasteiger partial charge is 0.119 e. The first-order valence-corrected chi connectivity index (χ1v) is 8.13. The van der Waals surface area contributed by atoms with Crippen LogP contribution in [-0.4, -0.2) is 7.11 Å². The molecule has 0 aromatic heterocycles. The van der Waals surface area contributed by atoms with Crippen LogP contribution in [0.25, 0.3) is 0 Å². The van der Waals surface area contributed by atoms with Gasteiger partial charge in [-0.25, -0.2) is 0 Å². The summed E-state index contributed by atoms with van der Waals surface area (Å²) < 4.78 is 7.47. The number of hydrogen-bond acceptors (Lipinski definition) is 1. The summed E-state index contributed by atoms with van der Waals surface area (Å²) in [5.74, 6) is 0.864. The first-order chi connectivity index (χ1) is 9.10. The first-order valence-electron chi connectivity index (χ1n) is 5.82. The molecule has 0 bridgehead atoms. The highest BCUT2D eigenvalue weighted by Crippen LogP contribution is 2.32. The minimum atomic E-state index is -0.0591.